The normalized spacial score (nSPS) is 10.6. The van der Waals surface area contributed by atoms with Gasteiger partial charge in [-0.2, -0.15) is 4.98 Å². The number of carbonyl (C=O) groups excluding carboxylic acids is 1. The van der Waals surface area contributed by atoms with Gasteiger partial charge in [-0.15, -0.1) is 0 Å². The number of hydrogen-bond donors (Lipinski definition) is 1. The SMILES string of the molecule is CCN(CC)C(=O)CSc1nc(O)cc(=O)n1-c1ccc(Cl)cc1. The van der Waals surface area contributed by atoms with E-state index in [0.29, 0.717) is 23.8 Å². The summed E-state index contributed by atoms with van der Waals surface area (Å²) in [5.74, 6) is -0.293. The summed E-state index contributed by atoms with van der Waals surface area (Å²) in [5, 5.41) is 10.4. The first-order chi connectivity index (χ1) is 11.5. The van der Waals surface area contributed by atoms with Gasteiger partial charge in [0.05, 0.1) is 17.5 Å². The molecule has 0 atom stereocenters. The van der Waals surface area contributed by atoms with Gasteiger partial charge in [0.1, 0.15) is 0 Å². The van der Waals surface area contributed by atoms with Crippen LogP contribution in [0.2, 0.25) is 5.02 Å². The third-order valence-electron chi connectivity index (χ3n) is 3.40. The number of nitrogens with zero attached hydrogens (tertiary/aromatic N) is 3. The lowest BCUT2D eigenvalue weighted by Crippen LogP contribution is -2.32. The summed E-state index contributed by atoms with van der Waals surface area (Å²) < 4.78 is 1.34. The summed E-state index contributed by atoms with van der Waals surface area (Å²) in [7, 11) is 0. The number of benzene rings is 1. The number of hydrogen-bond acceptors (Lipinski definition) is 5. The number of amides is 1. The van der Waals surface area contributed by atoms with Gasteiger partial charge in [0.2, 0.25) is 11.8 Å². The molecule has 128 valence electrons. The Kier molecular flexibility index (Phi) is 6.28. The van der Waals surface area contributed by atoms with E-state index in [0.717, 1.165) is 17.8 Å². The summed E-state index contributed by atoms with van der Waals surface area (Å²) in [6.07, 6.45) is 0. The smallest absolute Gasteiger partial charge is 0.262 e. The van der Waals surface area contributed by atoms with Gasteiger partial charge in [-0.05, 0) is 38.1 Å². The van der Waals surface area contributed by atoms with Crippen LogP contribution >= 0.6 is 23.4 Å². The molecular weight excluding hydrogens is 350 g/mol. The van der Waals surface area contributed by atoms with E-state index in [1.165, 1.54) is 4.57 Å². The number of aromatic nitrogens is 2. The molecule has 0 bridgehead atoms. The van der Waals surface area contributed by atoms with E-state index in [9.17, 15) is 14.7 Å². The van der Waals surface area contributed by atoms with Crippen LogP contribution in [0.15, 0.2) is 40.3 Å². The predicted molar refractivity (Wildman–Crippen MR) is 95.2 cm³/mol. The molecule has 2 rings (SSSR count). The van der Waals surface area contributed by atoms with E-state index < -0.39 is 5.56 Å². The average Bonchev–Trinajstić information content (AvgIpc) is 2.55. The fourth-order valence-corrected chi connectivity index (χ4v) is 3.21. The van der Waals surface area contributed by atoms with E-state index in [2.05, 4.69) is 4.98 Å². The van der Waals surface area contributed by atoms with Crippen LogP contribution in [0.1, 0.15) is 13.8 Å². The fourth-order valence-electron chi connectivity index (χ4n) is 2.17. The van der Waals surface area contributed by atoms with Gasteiger partial charge in [-0.25, -0.2) is 0 Å². The largest absolute Gasteiger partial charge is 0.493 e. The van der Waals surface area contributed by atoms with E-state index in [-0.39, 0.29) is 22.7 Å². The van der Waals surface area contributed by atoms with Gasteiger partial charge >= 0.3 is 0 Å². The molecule has 0 saturated heterocycles. The highest BCUT2D eigenvalue weighted by molar-refractivity contribution is 7.99. The van der Waals surface area contributed by atoms with Crippen molar-refractivity contribution in [2.75, 3.05) is 18.8 Å². The summed E-state index contributed by atoms with van der Waals surface area (Å²) in [4.78, 5) is 30.1. The Morgan fingerprint density at radius 2 is 1.92 bits per heavy atom. The van der Waals surface area contributed by atoms with Gasteiger partial charge in [0.15, 0.2) is 5.16 Å². The zero-order valence-electron chi connectivity index (χ0n) is 13.4. The maximum Gasteiger partial charge on any atom is 0.262 e. The van der Waals surface area contributed by atoms with Gasteiger partial charge in [-0.3, -0.25) is 14.2 Å². The van der Waals surface area contributed by atoms with Crippen molar-refractivity contribution in [3.05, 3.63) is 45.7 Å². The highest BCUT2D eigenvalue weighted by atomic mass is 35.5. The third kappa shape index (κ3) is 4.30. The molecule has 24 heavy (non-hydrogen) atoms. The van der Waals surface area contributed by atoms with Gasteiger partial charge in [-0.1, -0.05) is 23.4 Å². The maximum absolute atomic E-state index is 12.3. The van der Waals surface area contributed by atoms with Crippen molar-refractivity contribution in [3.8, 4) is 11.6 Å². The monoisotopic (exact) mass is 367 g/mol. The first-order valence-electron chi connectivity index (χ1n) is 7.45. The number of rotatable bonds is 6. The van der Waals surface area contributed by atoms with Crippen molar-refractivity contribution < 1.29 is 9.90 Å². The molecule has 0 unspecified atom stereocenters. The molecule has 0 spiro atoms. The lowest BCUT2D eigenvalue weighted by Gasteiger charge is -2.18. The lowest BCUT2D eigenvalue weighted by atomic mass is 10.3. The Bertz CT molecular complexity index is 773. The van der Waals surface area contributed by atoms with Crippen LogP contribution in [0.25, 0.3) is 5.69 Å². The van der Waals surface area contributed by atoms with Crippen LogP contribution in [0, 0.1) is 0 Å². The average molecular weight is 368 g/mol. The Labute approximate surface area is 149 Å². The second kappa shape index (κ2) is 8.21. The second-order valence-corrected chi connectivity index (χ2v) is 6.28. The highest BCUT2D eigenvalue weighted by Gasteiger charge is 2.15. The van der Waals surface area contributed by atoms with Gasteiger partial charge < -0.3 is 10.0 Å². The van der Waals surface area contributed by atoms with Gasteiger partial charge in [0, 0.05) is 18.1 Å². The van der Waals surface area contributed by atoms with Crippen molar-refractivity contribution in [2.45, 2.75) is 19.0 Å². The minimum absolute atomic E-state index is 0.0507. The minimum atomic E-state index is -0.428. The van der Waals surface area contributed by atoms with Crippen LogP contribution in [0.5, 0.6) is 5.88 Å². The minimum Gasteiger partial charge on any atom is -0.493 e. The van der Waals surface area contributed by atoms with Crippen molar-refractivity contribution in [1.82, 2.24) is 14.5 Å². The summed E-state index contributed by atoms with van der Waals surface area (Å²) >= 11 is 6.98. The van der Waals surface area contributed by atoms with Crippen molar-refractivity contribution in [3.63, 3.8) is 0 Å². The molecule has 0 fully saturated rings. The maximum atomic E-state index is 12.3. The van der Waals surface area contributed by atoms with E-state index in [1.54, 1.807) is 29.2 Å². The first-order valence-corrected chi connectivity index (χ1v) is 8.82. The highest BCUT2D eigenvalue weighted by Crippen LogP contribution is 2.21. The molecule has 1 aromatic carbocycles. The molecule has 0 aliphatic rings. The molecule has 0 saturated carbocycles. The molecule has 0 aliphatic carbocycles. The molecule has 2 aromatic rings. The van der Waals surface area contributed by atoms with Crippen molar-refractivity contribution >= 4 is 29.3 Å². The Hall–Kier alpha value is -1.99. The van der Waals surface area contributed by atoms with Crippen LogP contribution in [-0.4, -0.2) is 44.3 Å². The first kappa shape index (κ1) is 18.4. The van der Waals surface area contributed by atoms with Crippen LogP contribution in [-0.2, 0) is 4.79 Å². The molecule has 8 heteroatoms. The van der Waals surface area contributed by atoms with E-state index in [4.69, 9.17) is 11.6 Å². The molecule has 1 aromatic heterocycles. The van der Waals surface area contributed by atoms with Crippen molar-refractivity contribution in [2.24, 2.45) is 0 Å². The predicted octanol–water partition coefficient (Wildman–Crippen LogP) is 2.55. The van der Waals surface area contributed by atoms with Gasteiger partial charge in [0.25, 0.3) is 5.56 Å². The van der Waals surface area contributed by atoms with Crippen LogP contribution in [0.4, 0.5) is 0 Å². The number of halogens is 1. The van der Waals surface area contributed by atoms with E-state index in [1.807, 2.05) is 13.8 Å². The second-order valence-electron chi connectivity index (χ2n) is 4.90. The topological polar surface area (TPSA) is 75.4 Å². The van der Waals surface area contributed by atoms with Crippen LogP contribution < -0.4 is 5.56 Å². The quantitative estimate of drug-likeness (QED) is 0.627. The molecule has 1 heterocycles. The molecule has 1 N–H and O–H groups in total. The molecule has 0 aliphatic heterocycles. The Balaban J connectivity index is 2.34. The number of thioether (sulfide) groups is 1. The standard InChI is InChI=1S/C16H18ClN3O3S/c1-3-19(4-2)15(23)10-24-16-18-13(21)9-14(22)20(16)12-7-5-11(17)6-8-12/h5-9,21H,3-4,10H2,1-2H3. The Morgan fingerprint density at radius 1 is 1.29 bits per heavy atom. The lowest BCUT2D eigenvalue weighted by molar-refractivity contribution is -0.127. The van der Waals surface area contributed by atoms with E-state index >= 15 is 0 Å². The molecular formula is C16H18ClN3O3S. The molecule has 1 amide bonds. The number of carbonyl (C=O) groups is 1. The third-order valence-corrected chi connectivity index (χ3v) is 4.58. The summed E-state index contributed by atoms with van der Waals surface area (Å²) in [6, 6.07) is 7.71. The molecule has 6 nitrogen and oxygen atoms in total. The summed E-state index contributed by atoms with van der Waals surface area (Å²) in [6.45, 7) is 5.05. The zero-order valence-corrected chi connectivity index (χ0v) is 15.0. The summed E-state index contributed by atoms with van der Waals surface area (Å²) in [5.41, 5.74) is 0.136. The Morgan fingerprint density at radius 3 is 2.50 bits per heavy atom. The zero-order chi connectivity index (χ0) is 17.7. The molecule has 0 radical (unpaired) electrons. The number of aromatic hydroxyl groups is 1. The van der Waals surface area contributed by atoms with Crippen LogP contribution in [0.3, 0.4) is 0 Å². The fraction of sp³-hybridized carbons (Fsp3) is 0.312. The van der Waals surface area contributed by atoms with Crippen molar-refractivity contribution in [1.29, 1.82) is 0 Å².